The van der Waals surface area contributed by atoms with Gasteiger partial charge in [-0.05, 0) is 31.0 Å². The van der Waals surface area contributed by atoms with Crippen molar-refractivity contribution in [2.45, 2.75) is 110 Å². The number of carbonyl (C=O) groups is 2. The van der Waals surface area contributed by atoms with Gasteiger partial charge in [-0.25, -0.2) is 0 Å². The molecular weight excluding hydrogens is 550 g/mol. The molecule has 1 amide bonds. The van der Waals surface area contributed by atoms with Crippen molar-refractivity contribution in [3.8, 4) is 0 Å². The van der Waals surface area contributed by atoms with E-state index in [0.717, 1.165) is 34.9 Å². The SMILES string of the molecule is CCCCCCCCCCCCCCCCN1C(=O)C(=O)C(=C(O)c2cccc(Br)c2)[C@@H]1c1ccc(C)cc1. The Morgan fingerprint density at radius 1 is 0.795 bits per heavy atom. The largest absolute Gasteiger partial charge is 0.507 e. The molecule has 1 heterocycles. The van der Waals surface area contributed by atoms with Gasteiger partial charge in [-0.1, -0.05) is 148 Å². The van der Waals surface area contributed by atoms with Crippen LogP contribution in [0.25, 0.3) is 5.76 Å². The Morgan fingerprint density at radius 2 is 1.33 bits per heavy atom. The molecule has 0 spiro atoms. The standard InChI is InChI=1S/C34H46BrNO3/c1-3-4-5-6-7-8-9-10-11-12-13-14-15-16-24-36-31(27-22-20-26(2)21-23-27)30(33(38)34(36)39)32(37)28-18-17-19-29(35)25-28/h17-23,25,31,37H,3-16,24H2,1-2H3/t31-/m0/s1. The molecule has 0 radical (unpaired) electrons. The van der Waals surface area contributed by atoms with Gasteiger partial charge in [0.25, 0.3) is 11.7 Å². The first-order chi connectivity index (χ1) is 18.9. The summed E-state index contributed by atoms with van der Waals surface area (Å²) >= 11 is 3.44. The van der Waals surface area contributed by atoms with Crippen molar-refractivity contribution < 1.29 is 14.7 Å². The first-order valence-electron chi connectivity index (χ1n) is 15.0. The Hall–Kier alpha value is -2.40. The smallest absolute Gasteiger partial charge is 0.295 e. The lowest BCUT2D eigenvalue weighted by Gasteiger charge is -2.25. The van der Waals surface area contributed by atoms with Gasteiger partial charge in [0.15, 0.2) is 0 Å². The maximum Gasteiger partial charge on any atom is 0.295 e. The number of likely N-dealkylation sites (tertiary alicyclic amines) is 1. The van der Waals surface area contributed by atoms with Crippen LogP contribution < -0.4 is 0 Å². The van der Waals surface area contributed by atoms with E-state index in [1.165, 1.54) is 70.6 Å². The molecule has 0 bridgehead atoms. The number of hydrogen-bond donors (Lipinski definition) is 1. The molecule has 2 aromatic rings. The number of halogens is 1. The van der Waals surface area contributed by atoms with Crippen molar-refractivity contribution in [3.05, 3.63) is 75.3 Å². The number of benzene rings is 2. The van der Waals surface area contributed by atoms with Gasteiger partial charge in [-0.2, -0.15) is 0 Å². The molecule has 212 valence electrons. The minimum atomic E-state index is -0.608. The molecule has 0 unspecified atom stereocenters. The number of unbranched alkanes of at least 4 members (excludes halogenated alkanes) is 13. The Kier molecular flexibility index (Phi) is 13.3. The molecular formula is C34H46BrNO3. The Labute approximate surface area is 244 Å². The van der Waals surface area contributed by atoms with E-state index in [-0.39, 0.29) is 11.3 Å². The zero-order valence-corrected chi connectivity index (χ0v) is 25.5. The zero-order valence-electron chi connectivity index (χ0n) is 23.9. The average molecular weight is 597 g/mol. The van der Waals surface area contributed by atoms with Crippen molar-refractivity contribution in [2.24, 2.45) is 0 Å². The van der Waals surface area contributed by atoms with E-state index < -0.39 is 17.7 Å². The van der Waals surface area contributed by atoms with E-state index in [4.69, 9.17) is 0 Å². The highest BCUT2D eigenvalue weighted by molar-refractivity contribution is 9.10. The van der Waals surface area contributed by atoms with E-state index in [2.05, 4.69) is 22.9 Å². The quantitative estimate of drug-likeness (QED) is 0.0856. The van der Waals surface area contributed by atoms with Gasteiger partial charge in [0, 0.05) is 16.6 Å². The Balaban J connectivity index is 1.53. The molecule has 5 heteroatoms. The fraction of sp³-hybridized carbons (Fsp3) is 0.529. The molecule has 1 aliphatic heterocycles. The van der Waals surface area contributed by atoms with Crippen molar-refractivity contribution in [1.29, 1.82) is 0 Å². The number of amides is 1. The van der Waals surface area contributed by atoms with Gasteiger partial charge < -0.3 is 10.0 Å². The average Bonchev–Trinajstić information content (AvgIpc) is 3.18. The minimum Gasteiger partial charge on any atom is -0.507 e. The van der Waals surface area contributed by atoms with Crippen LogP contribution in [0, 0.1) is 6.92 Å². The van der Waals surface area contributed by atoms with Gasteiger partial charge in [0.1, 0.15) is 5.76 Å². The summed E-state index contributed by atoms with van der Waals surface area (Å²) in [5, 5.41) is 11.2. The summed E-state index contributed by atoms with van der Waals surface area (Å²) in [6, 6.07) is 14.5. The second-order valence-corrected chi connectivity index (χ2v) is 11.9. The molecule has 0 aromatic heterocycles. The molecule has 0 aliphatic carbocycles. The number of aryl methyl sites for hydroxylation is 1. The predicted molar refractivity (Wildman–Crippen MR) is 165 cm³/mol. The second kappa shape index (κ2) is 16.6. The van der Waals surface area contributed by atoms with Crippen molar-refractivity contribution in [3.63, 3.8) is 0 Å². The first kappa shape index (κ1) is 31.1. The molecule has 4 nitrogen and oxygen atoms in total. The molecule has 1 aliphatic rings. The molecule has 0 saturated carbocycles. The molecule has 39 heavy (non-hydrogen) atoms. The van der Waals surface area contributed by atoms with Gasteiger partial charge in [0.05, 0.1) is 11.6 Å². The summed E-state index contributed by atoms with van der Waals surface area (Å²) in [7, 11) is 0. The fourth-order valence-electron chi connectivity index (χ4n) is 5.47. The van der Waals surface area contributed by atoms with Crippen LogP contribution in [0.3, 0.4) is 0 Å². The van der Waals surface area contributed by atoms with Crippen LogP contribution in [0.5, 0.6) is 0 Å². The van der Waals surface area contributed by atoms with Crippen molar-refractivity contribution in [1.82, 2.24) is 4.90 Å². The van der Waals surface area contributed by atoms with E-state index >= 15 is 0 Å². The highest BCUT2D eigenvalue weighted by Gasteiger charge is 2.45. The monoisotopic (exact) mass is 595 g/mol. The van der Waals surface area contributed by atoms with Gasteiger partial charge >= 0.3 is 0 Å². The number of rotatable bonds is 17. The van der Waals surface area contributed by atoms with Crippen LogP contribution in [-0.2, 0) is 9.59 Å². The summed E-state index contributed by atoms with van der Waals surface area (Å²) in [5.41, 5.74) is 2.65. The minimum absolute atomic E-state index is 0.122. The summed E-state index contributed by atoms with van der Waals surface area (Å²) in [6.45, 7) is 4.79. The number of carbonyl (C=O) groups excluding carboxylic acids is 2. The first-order valence-corrected chi connectivity index (χ1v) is 15.8. The molecule has 1 saturated heterocycles. The highest BCUT2D eigenvalue weighted by atomic mass is 79.9. The number of ketones is 1. The maximum absolute atomic E-state index is 13.2. The van der Waals surface area contributed by atoms with Crippen LogP contribution >= 0.6 is 15.9 Å². The summed E-state index contributed by atoms with van der Waals surface area (Å²) < 4.78 is 0.801. The van der Waals surface area contributed by atoms with Gasteiger partial charge in [-0.15, -0.1) is 0 Å². The van der Waals surface area contributed by atoms with Crippen LogP contribution in [0.2, 0.25) is 0 Å². The molecule has 2 aromatic carbocycles. The fourth-order valence-corrected chi connectivity index (χ4v) is 5.87. The van der Waals surface area contributed by atoms with E-state index in [1.54, 1.807) is 17.0 Å². The third-order valence-corrected chi connectivity index (χ3v) is 8.28. The lowest BCUT2D eigenvalue weighted by molar-refractivity contribution is -0.139. The number of hydrogen-bond acceptors (Lipinski definition) is 3. The van der Waals surface area contributed by atoms with Gasteiger partial charge in [0.2, 0.25) is 0 Å². The number of aliphatic hydroxyl groups is 1. The van der Waals surface area contributed by atoms with Crippen LogP contribution in [0.1, 0.15) is 120 Å². The van der Waals surface area contributed by atoms with Crippen molar-refractivity contribution in [2.75, 3.05) is 6.54 Å². The van der Waals surface area contributed by atoms with E-state index in [0.29, 0.717) is 12.1 Å². The normalized spacial score (nSPS) is 16.8. The van der Waals surface area contributed by atoms with Crippen LogP contribution in [0.15, 0.2) is 58.6 Å². The third-order valence-electron chi connectivity index (χ3n) is 7.78. The molecule has 1 N–H and O–H groups in total. The molecule has 3 rings (SSSR count). The Bertz CT molecular complexity index is 1090. The summed E-state index contributed by atoms with van der Waals surface area (Å²) in [4.78, 5) is 28.0. The number of nitrogens with zero attached hydrogens (tertiary/aromatic N) is 1. The zero-order chi connectivity index (χ0) is 28.0. The van der Waals surface area contributed by atoms with E-state index in [9.17, 15) is 14.7 Å². The lowest BCUT2D eigenvalue weighted by atomic mass is 9.94. The second-order valence-electron chi connectivity index (χ2n) is 11.0. The third kappa shape index (κ3) is 9.34. The number of aliphatic hydroxyl groups excluding tert-OH is 1. The predicted octanol–water partition coefficient (Wildman–Crippen LogP) is 9.66. The van der Waals surface area contributed by atoms with Crippen molar-refractivity contribution >= 4 is 33.4 Å². The summed E-state index contributed by atoms with van der Waals surface area (Å²) in [6.07, 6.45) is 17.8. The van der Waals surface area contributed by atoms with Gasteiger partial charge in [-0.3, -0.25) is 9.59 Å². The van der Waals surface area contributed by atoms with E-state index in [1.807, 2.05) is 43.3 Å². The summed E-state index contributed by atoms with van der Waals surface area (Å²) in [5.74, 6) is -1.25. The molecule has 1 atom stereocenters. The van der Waals surface area contributed by atoms with Crippen LogP contribution in [-0.4, -0.2) is 28.2 Å². The maximum atomic E-state index is 13.2. The molecule has 1 fully saturated rings. The Morgan fingerprint density at radius 3 is 1.87 bits per heavy atom. The lowest BCUT2D eigenvalue weighted by Crippen LogP contribution is -2.30. The van der Waals surface area contributed by atoms with Crippen LogP contribution in [0.4, 0.5) is 0 Å². The highest BCUT2D eigenvalue weighted by Crippen LogP contribution is 2.40. The number of Topliss-reactive ketones (excluding diaryl/α,β-unsaturated/α-hetero) is 1. The topological polar surface area (TPSA) is 57.6 Å².